The first-order valence-electron chi connectivity index (χ1n) is 10.2. The predicted octanol–water partition coefficient (Wildman–Crippen LogP) is 5.25. The minimum Gasteiger partial charge on any atom is -0.352 e. The van der Waals surface area contributed by atoms with Gasteiger partial charge in [-0.05, 0) is 69.2 Å². The van der Waals surface area contributed by atoms with Gasteiger partial charge < -0.3 is 14.8 Å². The molecule has 0 aliphatic carbocycles. The predicted molar refractivity (Wildman–Crippen MR) is 122 cm³/mol. The van der Waals surface area contributed by atoms with Crippen LogP contribution in [-0.2, 0) is 6.54 Å². The van der Waals surface area contributed by atoms with Crippen LogP contribution in [0.4, 0.5) is 0 Å². The summed E-state index contributed by atoms with van der Waals surface area (Å²) in [5.41, 5.74) is 6.17. The Kier molecular flexibility index (Phi) is 5.41. The molecule has 1 N–H and O–H groups in total. The Balaban J connectivity index is 1.81. The second kappa shape index (κ2) is 7.99. The number of thiocarbonyl (C=S) groups is 1. The van der Waals surface area contributed by atoms with Crippen LogP contribution in [0.2, 0.25) is 0 Å². The molecular weight excluding hydrogens is 376 g/mol. The Morgan fingerprint density at radius 2 is 1.79 bits per heavy atom. The third kappa shape index (κ3) is 3.67. The van der Waals surface area contributed by atoms with E-state index in [2.05, 4.69) is 89.9 Å². The van der Waals surface area contributed by atoms with Gasteiger partial charge in [-0.3, -0.25) is 4.98 Å². The molecule has 0 spiro atoms. The molecule has 150 valence electrons. The lowest BCUT2D eigenvalue weighted by Gasteiger charge is -2.28. The van der Waals surface area contributed by atoms with Crippen LogP contribution >= 0.6 is 12.2 Å². The molecule has 1 saturated heterocycles. The maximum Gasteiger partial charge on any atom is 0.170 e. The summed E-state index contributed by atoms with van der Waals surface area (Å²) in [6, 6.07) is 19.5. The summed E-state index contributed by atoms with van der Waals surface area (Å²) in [7, 11) is 0. The highest BCUT2D eigenvalue weighted by atomic mass is 32.1. The number of benzene rings is 1. The van der Waals surface area contributed by atoms with E-state index in [1.54, 1.807) is 0 Å². The number of pyridine rings is 1. The van der Waals surface area contributed by atoms with E-state index in [1.807, 2.05) is 18.3 Å². The Bertz CT molecular complexity index is 994. The minimum atomic E-state index is 0.0218. The molecule has 1 aliphatic rings. The van der Waals surface area contributed by atoms with Gasteiger partial charge in [0.15, 0.2) is 5.11 Å². The molecule has 1 aromatic carbocycles. The summed E-state index contributed by atoms with van der Waals surface area (Å²) < 4.78 is 2.41. The fraction of sp³-hybridized carbons (Fsp3) is 0.333. The van der Waals surface area contributed by atoms with Crippen molar-refractivity contribution in [1.29, 1.82) is 0 Å². The van der Waals surface area contributed by atoms with E-state index in [0.29, 0.717) is 6.04 Å². The lowest BCUT2D eigenvalue weighted by atomic mass is 9.96. The Hall–Kier alpha value is -2.66. The van der Waals surface area contributed by atoms with Gasteiger partial charge in [0.2, 0.25) is 0 Å². The maximum absolute atomic E-state index is 5.81. The molecule has 1 aliphatic heterocycles. The zero-order chi connectivity index (χ0) is 20.5. The van der Waals surface area contributed by atoms with Gasteiger partial charge in [-0.25, -0.2) is 0 Å². The number of nitrogens with one attached hydrogen (secondary N) is 1. The summed E-state index contributed by atoms with van der Waals surface area (Å²) in [6.07, 6.45) is 1.86. The fourth-order valence-corrected chi connectivity index (χ4v) is 4.90. The Morgan fingerprint density at radius 3 is 2.41 bits per heavy atom. The van der Waals surface area contributed by atoms with Crippen LogP contribution in [0.25, 0.3) is 0 Å². The van der Waals surface area contributed by atoms with Gasteiger partial charge in [-0.2, -0.15) is 0 Å². The van der Waals surface area contributed by atoms with Crippen LogP contribution < -0.4 is 5.32 Å². The number of rotatable bonds is 5. The maximum atomic E-state index is 5.81. The van der Waals surface area contributed by atoms with Gasteiger partial charge in [0.05, 0.1) is 17.8 Å². The normalized spacial score (nSPS) is 19.1. The molecular formula is C24H28N4S. The largest absolute Gasteiger partial charge is 0.352 e. The van der Waals surface area contributed by atoms with Gasteiger partial charge in [0.1, 0.15) is 0 Å². The molecule has 4 rings (SSSR count). The lowest BCUT2D eigenvalue weighted by molar-refractivity contribution is 0.309. The Labute approximate surface area is 178 Å². The molecule has 0 amide bonds. The first kappa shape index (κ1) is 19.6. The van der Waals surface area contributed by atoms with E-state index >= 15 is 0 Å². The van der Waals surface area contributed by atoms with Crippen LogP contribution in [0.15, 0.2) is 60.8 Å². The zero-order valence-electron chi connectivity index (χ0n) is 17.5. The van der Waals surface area contributed by atoms with Crippen LogP contribution in [-0.4, -0.2) is 19.6 Å². The van der Waals surface area contributed by atoms with Crippen LogP contribution in [0.5, 0.6) is 0 Å². The van der Waals surface area contributed by atoms with Crippen LogP contribution in [0, 0.1) is 13.8 Å². The molecule has 0 unspecified atom stereocenters. The third-order valence-electron chi connectivity index (χ3n) is 5.75. The third-order valence-corrected chi connectivity index (χ3v) is 6.10. The van der Waals surface area contributed by atoms with E-state index in [-0.39, 0.29) is 12.1 Å². The van der Waals surface area contributed by atoms with E-state index in [9.17, 15) is 0 Å². The number of nitrogens with zero attached hydrogens (tertiary/aromatic N) is 3. The van der Waals surface area contributed by atoms with Crippen molar-refractivity contribution < 1.29 is 0 Å². The standard InChI is InChI=1S/C24H28N4S/c1-16(2)28-17(3)14-20(18(28)4)23-22(21-12-8-9-13-25-21)26-24(29)27(23)15-19-10-6-5-7-11-19/h5-14,16,22-23H,15H2,1-4H3,(H,26,29)/t22-,23-/m1/s1. The first-order chi connectivity index (χ1) is 14.0. The van der Waals surface area contributed by atoms with Crippen molar-refractivity contribution in [2.45, 2.75) is 52.4 Å². The number of aromatic nitrogens is 2. The van der Waals surface area contributed by atoms with Crippen molar-refractivity contribution in [1.82, 2.24) is 19.8 Å². The monoisotopic (exact) mass is 404 g/mol. The van der Waals surface area contributed by atoms with Gasteiger partial charge >= 0.3 is 0 Å². The lowest BCUT2D eigenvalue weighted by Crippen LogP contribution is -2.29. The average Bonchev–Trinajstić information content (AvgIpc) is 3.19. The van der Waals surface area contributed by atoms with E-state index in [0.717, 1.165) is 17.4 Å². The fourth-order valence-electron chi connectivity index (χ4n) is 4.59. The Morgan fingerprint density at radius 1 is 1.07 bits per heavy atom. The van der Waals surface area contributed by atoms with Gasteiger partial charge in [-0.1, -0.05) is 36.4 Å². The van der Waals surface area contributed by atoms with E-state index in [1.165, 1.54) is 22.5 Å². The van der Waals surface area contributed by atoms with Crippen molar-refractivity contribution >= 4 is 17.3 Å². The van der Waals surface area contributed by atoms with Gasteiger partial charge in [0.25, 0.3) is 0 Å². The number of aryl methyl sites for hydroxylation is 1. The highest BCUT2D eigenvalue weighted by Gasteiger charge is 2.41. The molecule has 5 heteroatoms. The van der Waals surface area contributed by atoms with Crippen molar-refractivity contribution in [3.63, 3.8) is 0 Å². The summed E-state index contributed by atoms with van der Waals surface area (Å²) >= 11 is 5.81. The first-order valence-corrected chi connectivity index (χ1v) is 10.6. The highest BCUT2D eigenvalue weighted by Crippen LogP contribution is 2.42. The second-order valence-corrected chi connectivity index (χ2v) is 8.42. The molecule has 0 radical (unpaired) electrons. The van der Waals surface area contributed by atoms with Crippen molar-refractivity contribution in [3.05, 3.63) is 89.0 Å². The average molecular weight is 405 g/mol. The molecule has 3 aromatic rings. The highest BCUT2D eigenvalue weighted by molar-refractivity contribution is 7.80. The summed E-state index contributed by atoms with van der Waals surface area (Å²) in [4.78, 5) is 6.97. The van der Waals surface area contributed by atoms with Crippen molar-refractivity contribution in [3.8, 4) is 0 Å². The van der Waals surface area contributed by atoms with Gasteiger partial charge in [0, 0.05) is 30.2 Å². The van der Waals surface area contributed by atoms with Crippen molar-refractivity contribution in [2.75, 3.05) is 0 Å². The minimum absolute atomic E-state index is 0.0218. The molecule has 2 aromatic heterocycles. The molecule has 0 saturated carbocycles. The zero-order valence-corrected chi connectivity index (χ0v) is 18.3. The number of hydrogen-bond acceptors (Lipinski definition) is 2. The summed E-state index contributed by atoms with van der Waals surface area (Å²) in [5, 5.41) is 4.34. The molecule has 2 atom stereocenters. The molecule has 3 heterocycles. The van der Waals surface area contributed by atoms with Crippen molar-refractivity contribution in [2.24, 2.45) is 0 Å². The van der Waals surface area contributed by atoms with Gasteiger partial charge in [-0.15, -0.1) is 0 Å². The smallest absolute Gasteiger partial charge is 0.170 e. The van der Waals surface area contributed by atoms with E-state index in [4.69, 9.17) is 12.2 Å². The van der Waals surface area contributed by atoms with Crippen LogP contribution in [0.1, 0.15) is 60.2 Å². The molecule has 29 heavy (non-hydrogen) atoms. The number of hydrogen-bond donors (Lipinski definition) is 1. The topological polar surface area (TPSA) is 33.1 Å². The van der Waals surface area contributed by atoms with E-state index < -0.39 is 0 Å². The molecule has 1 fully saturated rings. The SMILES string of the molecule is Cc1cc([C@@H]2[C@@H](c3ccccn3)NC(=S)N2Cc2ccccc2)c(C)n1C(C)C. The molecule has 0 bridgehead atoms. The van der Waals surface area contributed by atoms with Crippen LogP contribution in [0.3, 0.4) is 0 Å². The summed E-state index contributed by atoms with van der Waals surface area (Å²) in [5.74, 6) is 0. The summed E-state index contributed by atoms with van der Waals surface area (Å²) in [6.45, 7) is 9.65. The molecule has 4 nitrogen and oxygen atoms in total. The second-order valence-electron chi connectivity index (χ2n) is 8.03. The quantitative estimate of drug-likeness (QED) is 0.589.